The van der Waals surface area contributed by atoms with E-state index in [9.17, 15) is 4.79 Å². The van der Waals surface area contributed by atoms with Gasteiger partial charge in [-0.25, -0.2) is 4.98 Å². The number of piperidine rings is 1. The molecule has 146 valence electrons. The monoisotopic (exact) mass is 415 g/mol. The lowest BCUT2D eigenvalue weighted by molar-refractivity contribution is -0.125. The first-order chi connectivity index (χ1) is 13.6. The normalized spacial score (nSPS) is 16.9. The molecule has 1 aromatic heterocycles. The predicted octanol–water partition coefficient (Wildman–Crippen LogP) is 4.49. The number of methoxy groups -OCH3 is 1. The maximum atomic E-state index is 12.7. The Labute approximate surface area is 173 Å². The van der Waals surface area contributed by atoms with Crippen molar-refractivity contribution in [3.8, 4) is 5.75 Å². The van der Waals surface area contributed by atoms with Gasteiger partial charge in [-0.15, -0.1) is 0 Å². The van der Waals surface area contributed by atoms with Gasteiger partial charge in [-0.1, -0.05) is 41.1 Å². The van der Waals surface area contributed by atoms with E-state index in [0.717, 1.165) is 46.0 Å². The van der Waals surface area contributed by atoms with Crippen molar-refractivity contribution in [2.45, 2.75) is 19.4 Å². The molecule has 0 saturated carbocycles. The SMILES string of the molecule is COc1ccc2nc(N3CCCC(C(=O)NCc4ccccc4Cl)C3)sc2c1. The summed E-state index contributed by atoms with van der Waals surface area (Å²) in [5, 5.41) is 4.68. The maximum Gasteiger partial charge on any atom is 0.225 e. The molecule has 3 aromatic rings. The van der Waals surface area contributed by atoms with Crippen molar-refractivity contribution in [2.24, 2.45) is 5.92 Å². The molecular weight excluding hydrogens is 394 g/mol. The van der Waals surface area contributed by atoms with Gasteiger partial charge in [0.2, 0.25) is 5.91 Å². The van der Waals surface area contributed by atoms with E-state index in [0.29, 0.717) is 18.1 Å². The Balaban J connectivity index is 1.42. The van der Waals surface area contributed by atoms with Gasteiger partial charge in [-0.2, -0.15) is 0 Å². The number of ether oxygens (including phenoxy) is 1. The van der Waals surface area contributed by atoms with Gasteiger partial charge in [-0.05, 0) is 42.7 Å². The number of nitrogens with one attached hydrogen (secondary N) is 1. The van der Waals surface area contributed by atoms with Crippen molar-refractivity contribution in [1.82, 2.24) is 10.3 Å². The summed E-state index contributed by atoms with van der Waals surface area (Å²) in [5.41, 5.74) is 1.90. The largest absolute Gasteiger partial charge is 0.497 e. The number of aromatic nitrogens is 1. The van der Waals surface area contributed by atoms with Gasteiger partial charge in [-0.3, -0.25) is 4.79 Å². The fraction of sp³-hybridized carbons (Fsp3) is 0.333. The summed E-state index contributed by atoms with van der Waals surface area (Å²) in [5.74, 6) is 0.864. The number of fused-ring (bicyclic) bond motifs is 1. The number of hydrogen-bond donors (Lipinski definition) is 1. The molecule has 0 aliphatic carbocycles. The minimum atomic E-state index is -0.0437. The topological polar surface area (TPSA) is 54.5 Å². The Hall–Kier alpha value is -2.31. The summed E-state index contributed by atoms with van der Waals surface area (Å²) in [6.07, 6.45) is 1.87. The second kappa shape index (κ2) is 8.37. The highest BCUT2D eigenvalue weighted by Crippen LogP contribution is 2.33. The smallest absolute Gasteiger partial charge is 0.225 e. The summed E-state index contributed by atoms with van der Waals surface area (Å²) in [6.45, 7) is 2.06. The van der Waals surface area contributed by atoms with Crippen molar-refractivity contribution in [3.63, 3.8) is 0 Å². The van der Waals surface area contributed by atoms with Crippen LogP contribution in [0.4, 0.5) is 5.13 Å². The highest BCUT2D eigenvalue weighted by molar-refractivity contribution is 7.22. The molecule has 28 heavy (non-hydrogen) atoms. The minimum absolute atomic E-state index is 0.0437. The number of halogens is 1. The number of nitrogens with zero attached hydrogens (tertiary/aromatic N) is 2. The van der Waals surface area contributed by atoms with Crippen LogP contribution in [-0.2, 0) is 11.3 Å². The number of amides is 1. The quantitative estimate of drug-likeness (QED) is 0.667. The molecule has 1 aliphatic rings. The zero-order valence-corrected chi connectivity index (χ0v) is 17.2. The second-order valence-corrected chi connectivity index (χ2v) is 8.34. The van der Waals surface area contributed by atoms with Gasteiger partial charge < -0.3 is 15.0 Å². The van der Waals surface area contributed by atoms with Crippen molar-refractivity contribution in [2.75, 3.05) is 25.1 Å². The lowest BCUT2D eigenvalue weighted by Gasteiger charge is -2.31. The summed E-state index contributed by atoms with van der Waals surface area (Å²) in [4.78, 5) is 19.7. The van der Waals surface area contributed by atoms with E-state index in [1.807, 2.05) is 42.5 Å². The number of hydrogen-bond acceptors (Lipinski definition) is 5. The van der Waals surface area contributed by atoms with Crippen LogP contribution < -0.4 is 15.0 Å². The Morgan fingerprint density at radius 3 is 3.04 bits per heavy atom. The van der Waals surface area contributed by atoms with Crippen LogP contribution in [0, 0.1) is 5.92 Å². The number of anilines is 1. The molecule has 1 atom stereocenters. The zero-order chi connectivity index (χ0) is 19.5. The van der Waals surface area contributed by atoms with Crippen LogP contribution in [0.25, 0.3) is 10.2 Å². The van der Waals surface area contributed by atoms with E-state index >= 15 is 0 Å². The van der Waals surface area contributed by atoms with Gasteiger partial charge in [0.15, 0.2) is 5.13 Å². The Bertz CT molecular complexity index is 991. The summed E-state index contributed by atoms with van der Waals surface area (Å²) in [6, 6.07) is 13.5. The highest BCUT2D eigenvalue weighted by atomic mass is 35.5. The van der Waals surface area contributed by atoms with Crippen LogP contribution in [-0.4, -0.2) is 31.1 Å². The van der Waals surface area contributed by atoms with Gasteiger partial charge in [0.25, 0.3) is 0 Å². The van der Waals surface area contributed by atoms with Crippen LogP contribution in [0.5, 0.6) is 5.75 Å². The summed E-state index contributed by atoms with van der Waals surface area (Å²) in [7, 11) is 1.67. The van der Waals surface area contributed by atoms with Gasteiger partial charge >= 0.3 is 0 Å². The molecule has 1 unspecified atom stereocenters. The van der Waals surface area contributed by atoms with Crippen molar-refractivity contribution in [1.29, 1.82) is 0 Å². The molecule has 1 N–H and O–H groups in total. The predicted molar refractivity (Wildman–Crippen MR) is 114 cm³/mol. The van der Waals surface area contributed by atoms with E-state index in [-0.39, 0.29) is 11.8 Å². The van der Waals surface area contributed by atoms with Crippen LogP contribution in [0.1, 0.15) is 18.4 Å². The standard InChI is InChI=1S/C21H22ClN3O2S/c1-27-16-8-9-18-19(11-16)28-21(24-18)25-10-4-6-15(13-25)20(26)23-12-14-5-2-3-7-17(14)22/h2-3,5,7-9,11,15H,4,6,10,12-13H2,1H3,(H,23,26). The fourth-order valence-electron chi connectivity index (χ4n) is 3.49. The first-order valence-corrected chi connectivity index (χ1v) is 10.5. The van der Waals surface area contributed by atoms with Crippen LogP contribution >= 0.6 is 22.9 Å². The third-order valence-electron chi connectivity index (χ3n) is 5.06. The number of carbonyl (C=O) groups is 1. The minimum Gasteiger partial charge on any atom is -0.497 e. The first-order valence-electron chi connectivity index (χ1n) is 9.34. The molecule has 1 fully saturated rings. The third kappa shape index (κ3) is 4.08. The Morgan fingerprint density at radius 2 is 2.21 bits per heavy atom. The van der Waals surface area contributed by atoms with Gasteiger partial charge in [0.1, 0.15) is 5.75 Å². The highest BCUT2D eigenvalue weighted by Gasteiger charge is 2.27. The number of rotatable bonds is 5. The van der Waals surface area contributed by atoms with Crippen LogP contribution in [0.3, 0.4) is 0 Å². The molecule has 7 heteroatoms. The molecule has 1 saturated heterocycles. The lowest BCUT2D eigenvalue weighted by Crippen LogP contribution is -2.43. The average Bonchev–Trinajstić information content (AvgIpc) is 3.16. The van der Waals surface area contributed by atoms with E-state index in [2.05, 4.69) is 10.2 Å². The molecule has 0 bridgehead atoms. The van der Waals surface area contributed by atoms with Crippen molar-refractivity contribution < 1.29 is 9.53 Å². The van der Waals surface area contributed by atoms with Gasteiger partial charge in [0, 0.05) is 24.7 Å². The summed E-state index contributed by atoms with van der Waals surface area (Å²) >= 11 is 7.83. The lowest BCUT2D eigenvalue weighted by atomic mass is 9.97. The van der Waals surface area contributed by atoms with Crippen molar-refractivity contribution >= 4 is 44.2 Å². The number of carbonyl (C=O) groups excluding carboxylic acids is 1. The molecule has 5 nitrogen and oxygen atoms in total. The zero-order valence-electron chi connectivity index (χ0n) is 15.7. The average molecular weight is 416 g/mol. The molecule has 1 amide bonds. The molecular formula is C21H22ClN3O2S. The Morgan fingerprint density at radius 1 is 1.36 bits per heavy atom. The Kier molecular flexibility index (Phi) is 5.69. The number of benzene rings is 2. The second-order valence-electron chi connectivity index (χ2n) is 6.92. The van der Waals surface area contributed by atoms with E-state index in [1.165, 1.54) is 0 Å². The molecule has 2 aromatic carbocycles. The van der Waals surface area contributed by atoms with E-state index in [1.54, 1.807) is 18.4 Å². The van der Waals surface area contributed by atoms with Crippen molar-refractivity contribution in [3.05, 3.63) is 53.1 Å². The van der Waals surface area contributed by atoms with Crippen LogP contribution in [0.15, 0.2) is 42.5 Å². The van der Waals surface area contributed by atoms with Gasteiger partial charge in [0.05, 0.1) is 23.2 Å². The first kappa shape index (κ1) is 19.0. The van der Waals surface area contributed by atoms with E-state index in [4.69, 9.17) is 21.3 Å². The van der Waals surface area contributed by atoms with Crippen LogP contribution in [0.2, 0.25) is 5.02 Å². The molecule has 2 heterocycles. The molecule has 0 radical (unpaired) electrons. The third-order valence-corrected chi connectivity index (χ3v) is 6.51. The fourth-order valence-corrected chi connectivity index (χ4v) is 4.72. The molecule has 0 spiro atoms. The molecule has 4 rings (SSSR count). The van der Waals surface area contributed by atoms with E-state index < -0.39 is 0 Å². The maximum absolute atomic E-state index is 12.7. The summed E-state index contributed by atoms with van der Waals surface area (Å²) < 4.78 is 6.40. The number of thiazole rings is 1. The molecule has 1 aliphatic heterocycles.